The normalized spacial score (nSPS) is 11.2. The number of nitro groups is 1. The van der Waals surface area contributed by atoms with Crippen LogP contribution in [0.15, 0.2) is 41.3 Å². The lowest BCUT2D eigenvalue weighted by atomic mass is 10.2. The van der Waals surface area contributed by atoms with E-state index in [2.05, 4.69) is 0 Å². The number of nitro benzene ring substituents is 1. The van der Waals surface area contributed by atoms with Crippen LogP contribution in [0.1, 0.15) is 0 Å². The fourth-order valence-electron chi connectivity index (χ4n) is 1.60. The topological polar surface area (TPSA) is 110 Å². The fourth-order valence-corrected chi connectivity index (χ4v) is 2.76. The molecule has 2 rings (SSSR count). The van der Waals surface area contributed by atoms with E-state index in [0.717, 1.165) is 24.3 Å². The van der Waals surface area contributed by atoms with Gasteiger partial charge in [0.1, 0.15) is 22.3 Å². The molecule has 0 aromatic heterocycles. The summed E-state index contributed by atoms with van der Waals surface area (Å²) in [6.07, 6.45) is 0. The Morgan fingerprint density at radius 3 is 2.45 bits per heavy atom. The van der Waals surface area contributed by atoms with Crippen LogP contribution in [0.3, 0.4) is 0 Å². The smallest absolute Gasteiger partial charge is 0.271 e. The zero-order valence-electron chi connectivity index (χ0n) is 10.7. The van der Waals surface area contributed by atoms with Crippen LogP contribution in [0.5, 0.6) is 5.75 Å². The van der Waals surface area contributed by atoms with Gasteiger partial charge in [0, 0.05) is 12.1 Å². The van der Waals surface area contributed by atoms with Crippen LogP contribution in [-0.2, 0) is 10.0 Å². The summed E-state index contributed by atoms with van der Waals surface area (Å²) in [6, 6.07) is 4.42. The van der Waals surface area contributed by atoms with E-state index in [-0.39, 0.29) is 0 Å². The molecule has 0 atom stereocenters. The van der Waals surface area contributed by atoms with E-state index < -0.39 is 48.6 Å². The number of nitrogens with one attached hydrogen (secondary N) is 1. The highest BCUT2D eigenvalue weighted by molar-refractivity contribution is 7.92. The molecule has 0 aliphatic carbocycles. The molecule has 0 saturated heterocycles. The number of hydrogen-bond donors (Lipinski definition) is 2. The lowest BCUT2D eigenvalue weighted by Gasteiger charge is -2.10. The minimum atomic E-state index is -4.58. The Morgan fingerprint density at radius 2 is 1.82 bits per heavy atom. The standard InChI is InChI=1S/C12H8F2N2O5S/c13-7-1-3-9(14)12(5-7)22(20,21)15-10-6-8(16(18)19)2-4-11(10)17/h1-6,15,17H. The fraction of sp³-hybridized carbons (Fsp3) is 0. The molecule has 0 spiro atoms. The summed E-state index contributed by atoms with van der Waals surface area (Å²) in [6.45, 7) is 0. The summed E-state index contributed by atoms with van der Waals surface area (Å²) >= 11 is 0. The average molecular weight is 330 g/mol. The molecule has 2 aromatic rings. The predicted molar refractivity (Wildman–Crippen MR) is 71.9 cm³/mol. The van der Waals surface area contributed by atoms with E-state index in [9.17, 15) is 32.4 Å². The Morgan fingerprint density at radius 1 is 1.14 bits per heavy atom. The first-order valence-electron chi connectivity index (χ1n) is 5.66. The van der Waals surface area contributed by atoms with Crippen LogP contribution in [-0.4, -0.2) is 18.4 Å². The Hall–Kier alpha value is -2.75. The molecule has 0 aliphatic heterocycles. The van der Waals surface area contributed by atoms with Gasteiger partial charge in [-0.1, -0.05) is 0 Å². The van der Waals surface area contributed by atoms with Crippen molar-refractivity contribution in [2.24, 2.45) is 0 Å². The van der Waals surface area contributed by atoms with E-state index in [1.807, 2.05) is 0 Å². The van der Waals surface area contributed by atoms with Crippen LogP contribution in [0, 0.1) is 21.7 Å². The van der Waals surface area contributed by atoms with Crippen molar-refractivity contribution in [2.75, 3.05) is 4.72 Å². The molecule has 0 radical (unpaired) electrons. The highest BCUT2D eigenvalue weighted by atomic mass is 32.2. The molecule has 2 aromatic carbocycles. The van der Waals surface area contributed by atoms with Gasteiger partial charge >= 0.3 is 0 Å². The summed E-state index contributed by atoms with van der Waals surface area (Å²) in [5.41, 5.74) is -1.02. The summed E-state index contributed by atoms with van der Waals surface area (Å²) in [5.74, 6) is -2.80. The Bertz CT molecular complexity index is 855. The molecule has 0 heterocycles. The number of sulfonamides is 1. The van der Waals surface area contributed by atoms with E-state index in [1.165, 1.54) is 0 Å². The van der Waals surface area contributed by atoms with Crippen molar-refractivity contribution < 1.29 is 27.2 Å². The van der Waals surface area contributed by atoms with Gasteiger partial charge < -0.3 is 5.11 Å². The summed E-state index contributed by atoms with van der Waals surface area (Å²) < 4.78 is 52.4. The van der Waals surface area contributed by atoms with Crippen molar-refractivity contribution in [1.29, 1.82) is 0 Å². The zero-order chi connectivity index (χ0) is 16.5. The van der Waals surface area contributed by atoms with Crippen LogP contribution < -0.4 is 4.72 Å². The van der Waals surface area contributed by atoms with Gasteiger partial charge in [0.15, 0.2) is 0 Å². The maximum Gasteiger partial charge on any atom is 0.271 e. The first-order valence-corrected chi connectivity index (χ1v) is 7.14. The van der Waals surface area contributed by atoms with Gasteiger partial charge in [0.25, 0.3) is 15.7 Å². The number of phenols is 1. The van der Waals surface area contributed by atoms with Crippen molar-refractivity contribution in [2.45, 2.75) is 4.90 Å². The van der Waals surface area contributed by atoms with Crippen molar-refractivity contribution in [1.82, 2.24) is 0 Å². The van der Waals surface area contributed by atoms with Crippen LogP contribution >= 0.6 is 0 Å². The summed E-state index contributed by atoms with van der Waals surface area (Å²) in [7, 11) is -4.58. The van der Waals surface area contributed by atoms with Crippen LogP contribution in [0.2, 0.25) is 0 Å². The van der Waals surface area contributed by atoms with Crippen molar-refractivity contribution in [3.63, 3.8) is 0 Å². The number of rotatable bonds is 4. The molecular formula is C12H8F2N2O5S. The molecular weight excluding hydrogens is 322 g/mol. The van der Waals surface area contributed by atoms with Gasteiger partial charge in [0.2, 0.25) is 0 Å². The number of benzene rings is 2. The van der Waals surface area contributed by atoms with Gasteiger partial charge in [-0.15, -0.1) is 0 Å². The summed E-state index contributed by atoms with van der Waals surface area (Å²) in [5, 5.41) is 20.2. The monoisotopic (exact) mass is 330 g/mol. The third-order valence-corrected chi connectivity index (χ3v) is 4.00. The number of nitrogens with zero attached hydrogens (tertiary/aromatic N) is 1. The molecule has 0 bridgehead atoms. The minimum Gasteiger partial charge on any atom is -0.506 e. The SMILES string of the molecule is O=[N+]([O-])c1ccc(O)c(NS(=O)(=O)c2cc(F)ccc2F)c1. The molecule has 0 unspecified atom stereocenters. The Kier molecular flexibility index (Phi) is 3.95. The quantitative estimate of drug-likeness (QED) is 0.508. The van der Waals surface area contributed by atoms with Crippen molar-refractivity contribution in [3.05, 3.63) is 58.1 Å². The minimum absolute atomic E-state index is 0.450. The zero-order valence-corrected chi connectivity index (χ0v) is 11.5. The third kappa shape index (κ3) is 3.11. The molecule has 10 heteroatoms. The van der Waals surface area contributed by atoms with E-state index in [0.29, 0.717) is 12.1 Å². The summed E-state index contributed by atoms with van der Waals surface area (Å²) in [4.78, 5) is 8.84. The molecule has 0 fully saturated rings. The lowest BCUT2D eigenvalue weighted by molar-refractivity contribution is -0.384. The van der Waals surface area contributed by atoms with Crippen LogP contribution in [0.25, 0.3) is 0 Å². The lowest BCUT2D eigenvalue weighted by Crippen LogP contribution is -2.15. The Labute approximate surface area is 123 Å². The largest absolute Gasteiger partial charge is 0.506 e. The number of anilines is 1. The van der Waals surface area contributed by atoms with Gasteiger partial charge in [-0.25, -0.2) is 17.2 Å². The molecule has 0 aliphatic rings. The number of aromatic hydroxyl groups is 1. The second-order valence-electron chi connectivity index (χ2n) is 4.14. The number of hydrogen-bond acceptors (Lipinski definition) is 5. The Balaban J connectivity index is 2.47. The number of non-ortho nitro benzene ring substituents is 1. The highest BCUT2D eigenvalue weighted by Gasteiger charge is 2.22. The van der Waals surface area contributed by atoms with E-state index >= 15 is 0 Å². The molecule has 2 N–H and O–H groups in total. The van der Waals surface area contributed by atoms with E-state index in [4.69, 9.17) is 0 Å². The predicted octanol–water partition coefficient (Wildman–Crippen LogP) is 2.38. The molecule has 0 saturated carbocycles. The first kappa shape index (κ1) is 15.6. The molecule has 7 nitrogen and oxygen atoms in total. The molecule has 116 valence electrons. The molecule has 22 heavy (non-hydrogen) atoms. The van der Waals surface area contributed by atoms with Crippen molar-refractivity contribution in [3.8, 4) is 5.75 Å². The van der Waals surface area contributed by atoms with E-state index in [1.54, 1.807) is 4.72 Å². The number of halogens is 2. The second kappa shape index (κ2) is 5.56. The average Bonchev–Trinajstić information content (AvgIpc) is 2.43. The van der Waals surface area contributed by atoms with Gasteiger partial charge in [-0.05, 0) is 24.3 Å². The second-order valence-corrected chi connectivity index (χ2v) is 5.79. The van der Waals surface area contributed by atoms with Gasteiger partial charge in [-0.3, -0.25) is 14.8 Å². The maximum atomic E-state index is 13.5. The van der Waals surface area contributed by atoms with Crippen molar-refractivity contribution >= 4 is 21.4 Å². The van der Waals surface area contributed by atoms with Gasteiger partial charge in [0.05, 0.1) is 10.6 Å². The molecule has 0 amide bonds. The number of phenolic OH excluding ortho intramolecular Hbond substituents is 1. The highest BCUT2D eigenvalue weighted by Crippen LogP contribution is 2.30. The third-order valence-electron chi connectivity index (χ3n) is 2.62. The maximum absolute atomic E-state index is 13.5. The van der Waals surface area contributed by atoms with Gasteiger partial charge in [-0.2, -0.15) is 0 Å². The first-order chi connectivity index (χ1) is 10.2. The van der Waals surface area contributed by atoms with Crippen LogP contribution in [0.4, 0.5) is 20.2 Å².